The van der Waals surface area contributed by atoms with Gasteiger partial charge in [-0.15, -0.1) is 0 Å². The van der Waals surface area contributed by atoms with Gasteiger partial charge in [0.1, 0.15) is 18.8 Å². The van der Waals surface area contributed by atoms with Gasteiger partial charge in [0.05, 0.1) is 32.9 Å². The molecule has 4 rings (SSSR count). The maximum Gasteiger partial charge on any atom is 0.411 e. The number of aliphatic hydroxyl groups excluding tert-OH is 1. The molecule has 1 amide bonds. The minimum Gasteiger partial charge on any atom is -0.446 e. The first-order valence-electron chi connectivity index (χ1n) is 16.8. The van der Waals surface area contributed by atoms with Crippen molar-refractivity contribution < 1.29 is 23.9 Å². The normalized spacial score (nSPS) is 15.1. The second-order valence-electron chi connectivity index (χ2n) is 13.0. The van der Waals surface area contributed by atoms with Gasteiger partial charge in [-0.3, -0.25) is 5.32 Å². The Hall–Kier alpha value is -3.23. The molecule has 1 aliphatic heterocycles. The van der Waals surface area contributed by atoms with Crippen LogP contribution in [0.5, 0.6) is 0 Å². The molecule has 1 fully saturated rings. The van der Waals surface area contributed by atoms with Gasteiger partial charge in [0, 0.05) is 31.8 Å². The number of quaternary nitrogens is 1. The molecule has 7 heteroatoms. The molecule has 3 aromatic rings. The summed E-state index contributed by atoms with van der Waals surface area (Å²) in [6.07, 6.45) is 6.27. The lowest BCUT2D eigenvalue weighted by atomic mass is 10.0. The first kappa shape index (κ1) is 34.6. The maximum atomic E-state index is 12.7. The van der Waals surface area contributed by atoms with Crippen molar-refractivity contribution in [3.63, 3.8) is 0 Å². The van der Waals surface area contributed by atoms with Crippen molar-refractivity contribution in [1.82, 2.24) is 4.90 Å². The summed E-state index contributed by atoms with van der Waals surface area (Å²) >= 11 is 0. The van der Waals surface area contributed by atoms with Crippen LogP contribution in [0.4, 0.5) is 10.5 Å². The van der Waals surface area contributed by atoms with Crippen molar-refractivity contribution >= 4 is 11.8 Å². The van der Waals surface area contributed by atoms with Gasteiger partial charge in [0.25, 0.3) is 0 Å². The van der Waals surface area contributed by atoms with Crippen LogP contribution in [0.2, 0.25) is 0 Å². The molecule has 1 saturated heterocycles. The van der Waals surface area contributed by atoms with E-state index in [-0.39, 0.29) is 12.2 Å². The summed E-state index contributed by atoms with van der Waals surface area (Å²) in [6, 6.07) is 26.3. The van der Waals surface area contributed by atoms with Crippen LogP contribution in [-0.2, 0) is 22.5 Å². The van der Waals surface area contributed by atoms with Crippen molar-refractivity contribution in [2.75, 3.05) is 58.7 Å². The number of aliphatic hydroxyl groups is 1. The Labute approximate surface area is 270 Å². The van der Waals surface area contributed by atoms with Crippen LogP contribution in [0.15, 0.2) is 78.9 Å². The van der Waals surface area contributed by atoms with Crippen molar-refractivity contribution in [2.45, 2.75) is 70.7 Å². The fraction of sp³-hybridized carbons (Fsp3) is 0.500. The first-order valence-corrected chi connectivity index (χ1v) is 16.8. The lowest BCUT2D eigenvalue weighted by Crippen LogP contribution is -2.50. The van der Waals surface area contributed by atoms with Crippen LogP contribution < -0.4 is 5.32 Å². The molecule has 1 atom stereocenters. The Morgan fingerprint density at radius 1 is 0.911 bits per heavy atom. The quantitative estimate of drug-likeness (QED) is 0.125. The summed E-state index contributed by atoms with van der Waals surface area (Å²) in [7, 11) is 4.43. The largest absolute Gasteiger partial charge is 0.446 e. The van der Waals surface area contributed by atoms with Crippen LogP contribution in [0.25, 0.3) is 11.1 Å². The molecular formula is C38H54N3O4+. The average molecular weight is 617 g/mol. The number of benzene rings is 3. The predicted molar refractivity (Wildman–Crippen MR) is 183 cm³/mol. The Morgan fingerprint density at radius 3 is 2.33 bits per heavy atom. The number of anilines is 1. The number of likely N-dealkylation sites (N-methyl/N-ethyl adjacent to an activating group) is 1. The van der Waals surface area contributed by atoms with Gasteiger partial charge in [-0.05, 0) is 61.3 Å². The number of carbonyl (C=O) groups excluding carboxylic acids is 1. The standard InChI is InChI=1S/C38H53N3O4/c1-4-31-16-10-11-19-33(31)30-44-27-15-6-5-14-26-41(2,3)29-34(42)28-40-24-22-35(23-25-40)45-38(43)39-37-21-13-12-20-36(37)32-17-8-7-9-18-32/h7-13,16-21,34-35,42H,4-6,14-15,22-30H2,1-3H3/p+1. The van der Waals surface area contributed by atoms with Crippen LogP contribution >= 0.6 is 0 Å². The van der Waals surface area contributed by atoms with Crippen molar-refractivity contribution in [1.29, 1.82) is 0 Å². The van der Waals surface area contributed by atoms with Crippen LogP contribution in [0, 0.1) is 0 Å². The van der Waals surface area contributed by atoms with E-state index in [1.807, 2.05) is 54.6 Å². The third-order valence-electron chi connectivity index (χ3n) is 8.79. The molecule has 1 heterocycles. The fourth-order valence-electron chi connectivity index (χ4n) is 6.30. The van der Waals surface area contributed by atoms with E-state index in [1.54, 1.807) is 0 Å². The Kier molecular flexibility index (Phi) is 13.9. The number of unbranched alkanes of at least 4 members (excludes halogenated alkanes) is 3. The van der Waals surface area contributed by atoms with Gasteiger partial charge in [-0.1, -0.05) is 86.1 Å². The van der Waals surface area contributed by atoms with Crippen LogP contribution in [0.1, 0.15) is 56.6 Å². The lowest BCUT2D eigenvalue weighted by molar-refractivity contribution is -0.893. The molecule has 2 N–H and O–H groups in total. The second kappa shape index (κ2) is 18.1. The third-order valence-corrected chi connectivity index (χ3v) is 8.79. The van der Waals surface area contributed by atoms with E-state index in [4.69, 9.17) is 9.47 Å². The highest BCUT2D eigenvalue weighted by Gasteiger charge is 2.27. The molecule has 0 saturated carbocycles. The highest BCUT2D eigenvalue weighted by Crippen LogP contribution is 2.28. The minimum absolute atomic E-state index is 0.118. The zero-order valence-electron chi connectivity index (χ0n) is 27.6. The van der Waals surface area contributed by atoms with Crippen LogP contribution in [0.3, 0.4) is 0 Å². The molecule has 0 aromatic heterocycles. The van der Waals surface area contributed by atoms with Crippen molar-refractivity contribution in [3.05, 3.63) is 90.0 Å². The topological polar surface area (TPSA) is 71.0 Å². The second-order valence-corrected chi connectivity index (χ2v) is 13.0. The fourth-order valence-corrected chi connectivity index (χ4v) is 6.30. The number of hydrogen-bond donors (Lipinski definition) is 2. The number of hydrogen-bond acceptors (Lipinski definition) is 5. The number of carbonyl (C=O) groups is 1. The van der Waals surface area contributed by atoms with Gasteiger partial charge in [-0.2, -0.15) is 0 Å². The monoisotopic (exact) mass is 616 g/mol. The van der Waals surface area contributed by atoms with E-state index in [1.165, 1.54) is 24.0 Å². The number of ether oxygens (including phenoxy) is 2. The average Bonchev–Trinajstić information content (AvgIpc) is 3.03. The van der Waals surface area contributed by atoms with Gasteiger partial charge in [0.2, 0.25) is 0 Å². The Morgan fingerprint density at radius 2 is 1.58 bits per heavy atom. The number of aryl methyl sites for hydroxylation is 1. The first-order chi connectivity index (χ1) is 21.8. The lowest BCUT2D eigenvalue weighted by Gasteiger charge is -2.36. The molecule has 0 spiro atoms. The van der Waals surface area contributed by atoms with Gasteiger partial charge in [-0.25, -0.2) is 4.79 Å². The molecule has 0 radical (unpaired) electrons. The molecule has 0 aliphatic carbocycles. The van der Waals surface area contributed by atoms with E-state index in [0.29, 0.717) is 13.2 Å². The van der Waals surface area contributed by atoms with E-state index >= 15 is 0 Å². The number of amides is 1. The van der Waals surface area contributed by atoms with Crippen LogP contribution in [-0.4, -0.2) is 86.2 Å². The molecule has 45 heavy (non-hydrogen) atoms. The molecule has 3 aromatic carbocycles. The molecule has 1 aliphatic rings. The van der Waals surface area contributed by atoms with E-state index in [9.17, 15) is 9.90 Å². The van der Waals surface area contributed by atoms with E-state index in [2.05, 4.69) is 55.5 Å². The molecule has 1 unspecified atom stereocenters. The van der Waals surface area contributed by atoms with E-state index < -0.39 is 6.09 Å². The predicted octanol–water partition coefficient (Wildman–Crippen LogP) is 7.14. The number of nitrogens with one attached hydrogen (secondary N) is 1. The number of rotatable bonds is 17. The van der Waals surface area contributed by atoms with E-state index in [0.717, 1.165) is 86.2 Å². The summed E-state index contributed by atoms with van der Waals surface area (Å²) in [6.45, 7) is 7.78. The molecule has 0 bridgehead atoms. The summed E-state index contributed by atoms with van der Waals surface area (Å²) in [5.74, 6) is 0. The Balaban J connectivity index is 1.07. The number of para-hydroxylation sites is 1. The third kappa shape index (κ3) is 11.9. The highest BCUT2D eigenvalue weighted by atomic mass is 16.6. The van der Waals surface area contributed by atoms with Crippen molar-refractivity contribution in [3.8, 4) is 11.1 Å². The number of β-amino-alcohol motifs (C(OH)–C–C–N with tert-alkyl or cyclic N) is 1. The summed E-state index contributed by atoms with van der Waals surface area (Å²) in [5, 5.41) is 13.8. The Bertz CT molecular complexity index is 1290. The van der Waals surface area contributed by atoms with Gasteiger partial charge in [0.15, 0.2) is 0 Å². The minimum atomic E-state index is -0.416. The maximum absolute atomic E-state index is 12.7. The summed E-state index contributed by atoms with van der Waals surface area (Å²) in [5.41, 5.74) is 5.44. The highest BCUT2D eigenvalue weighted by molar-refractivity contribution is 5.91. The van der Waals surface area contributed by atoms with Crippen molar-refractivity contribution in [2.24, 2.45) is 0 Å². The summed E-state index contributed by atoms with van der Waals surface area (Å²) in [4.78, 5) is 15.0. The number of piperidine rings is 1. The molecule has 7 nitrogen and oxygen atoms in total. The van der Waals surface area contributed by atoms with Gasteiger partial charge < -0.3 is 24.0 Å². The molecular weight excluding hydrogens is 562 g/mol. The summed E-state index contributed by atoms with van der Waals surface area (Å²) < 4.78 is 12.5. The van der Waals surface area contributed by atoms with Gasteiger partial charge >= 0.3 is 6.09 Å². The molecule has 244 valence electrons. The number of likely N-dealkylation sites (tertiary alicyclic amines) is 1. The number of nitrogens with zero attached hydrogens (tertiary/aromatic N) is 2. The zero-order valence-corrected chi connectivity index (χ0v) is 27.6. The zero-order chi connectivity index (χ0) is 31.9. The SMILES string of the molecule is CCc1ccccc1COCCCCCC[N+](C)(C)CC(O)CN1CCC(OC(=O)Nc2ccccc2-c2ccccc2)CC1. The smallest absolute Gasteiger partial charge is 0.411 e.